The second kappa shape index (κ2) is 1.03. The second-order valence-electron chi connectivity index (χ2n) is 2.69. The van der Waals surface area contributed by atoms with Gasteiger partial charge < -0.3 is 4.74 Å². The van der Waals surface area contributed by atoms with Crippen molar-refractivity contribution in [2.45, 2.75) is 32.0 Å². The number of rotatable bonds is 0. The lowest BCUT2D eigenvalue weighted by atomic mass is 10.1. The molecule has 2 aliphatic rings. The van der Waals surface area contributed by atoms with Crippen LogP contribution in [0.3, 0.4) is 0 Å². The Labute approximate surface area is 43.7 Å². The van der Waals surface area contributed by atoms with Gasteiger partial charge in [0.25, 0.3) is 0 Å². The fraction of sp³-hybridized carbons (Fsp3) is 1.00. The van der Waals surface area contributed by atoms with Crippen molar-refractivity contribution < 1.29 is 4.74 Å². The molecule has 0 N–H and O–H groups in total. The summed E-state index contributed by atoms with van der Waals surface area (Å²) in [5.41, 5.74) is 0. The normalized spacial score (nSPS) is 57.0. The van der Waals surface area contributed by atoms with E-state index in [9.17, 15) is 0 Å². The van der Waals surface area contributed by atoms with Crippen LogP contribution in [0.5, 0.6) is 0 Å². The second-order valence-corrected chi connectivity index (χ2v) is 2.69. The van der Waals surface area contributed by atoms with Crippen molar-refractivity contribution in [2.24, 2.45) is 5.92 Å². The number of epoxide rings is 1. The third-order valence-electron chi connectivity index (χ3n) is 2.09. The summed E-state index contributed by atoms with van der Waals surface area (Å²) in [6.07, 6.45) is 4.09. The molecule has 0 aromatic carbocycles. The van der Waals surface area contributed by atoms with Crippen molar-refractivity contribution in [1.29, 1.82) is 0 Å². The Morgan fingerprint density at radius 1 is 1.43 bits per heavy atom. The van der Waals surface area contributed by atoms with Crippen molar-refractivity contribution in [3.05, 3.63) is 0 Å². The molecule has 3 atom stereocenters. The number of fused-ring (bicyclic) bond motifs is 1. The lowest BCUT2D eigenvalue weighted by Gasteiger charge is -1.97. The Bertz CT molecular complexity index is 90.2. The zero-order valence-corrected chi connectivity index (χ0v) is 4.55. The average molecular weight is 98.1 g/mol. The Morgan fingerprint density at radius 3 is 2.43 bits per heavy atom. The van der Waals surface area contributed by atoms with Crippen LogP contribution in [-0.4, -0.2) is 12.2 Å². The molecule has 0 radical (unpaired) electrons. The standard InChI is InChI=1S/C6H10O/c1-4-2-3-5-6(4)7-5/h4-6H,2-3H2,1H3/t4-,5-,6+/m1/s1. The maximum absolute atomic E-state index is 5.27. The van der Waals surface area contributed by atoms with E-state index >= 15 is 0 Å². The Kier molecular flexibility index (Phi) is 0.571. The van der Waals surface area contributed by atoms with Crippen LogP contribution in [0, 0.1) is 5.92 Å². The van der Waals surface area contributed by atoms with Gasteiger partial charge in [-0.15, -0.1) is 0 Å². The zero-order chi connectivity index (χ0) is 4.85. The van der Waals surface area contributed by atoms with E-state index in [-0.39, 0.29) is 0 Å². The topological polar surface area (TPSA) is 12.5 Å². The Hall–Kier alpha value is -0.0400. The van der Waals surface area contributed by atoms with Gasteiger partial charge in [-0.2, -0.15) is 0 Å². The van der Waals surface area contributed by atoms with Gasteiger partial charge in [-0.3, -0.25) is 0 Å². The monoisotopic (exact) mass is 98.1 g/mol. The average Bonchev–Trinajstić information content (AvgIpc) is 2.33. The summed E-state index contributed by atoms with van der Waals surface area (Å²) < 4.78 is 5.27. The number of ether oxygens (including phenoxy) is 1. The molecule has 1 aliphatic carbocycles. The van der Waals surface area contributed by atoms with Gasteiger partial charge in [0.15, 0.2) is 0 Å². The Balaban J connectivity index is 2.08. The van der Waals surface area contributed by atoms with Crippen molar-refractivity contribution in [3.8, 4) is 0 Å². The molecule has 0 amide bonds. The molecule has 0 spiro atoms. The minimum Gasteiger partial charge on any atom is -0.369 e. The predicted octanol–water partition coefficient (Wildman–Crippen LogP) is 1.18. The molecule has 2 rings (SSSR count). The molecule has 40 valence electrons. The molecule has 1 saturated carbocycles. The highest BCUT2D eigenvalue weighted by molar-refractivity contribution is 4.95. The minimum atomic E-state index is 0.681. The van der Waals surface area contributed by atoms with Crippen LogP contribution < -0.4 is 0 Å². The van der Waals surface area contributed by atoms with Crippen LogP contribution in [0.2, 0.25) is 0 Å². The summed E-state index contributed by atoms with van der Waals surface area (Å²) in [6, 6.07) is 0. The quantitative estimate of drug-likeness (QED) is 0.414. The lowest BCUT2D eigenvalue weighted by Crippen LogP contribution is -1.95. The number of hydrogen-bond donors (Lipinski definition) is 0. The highest BCUT2D eigenvalue weighted by Crippen LogP contribution is 2.42. The molecular formula is C6H10O. The molecule has 1 heterocycles. The van der Waals surface area contributed by atoms with E-state index in [4.69, 9.17) is 4.74 Å². The van der Waals surface area contributed by atoms with Crippen LogP contribution in [0.4, 0.5) is 0 Å². The van der Waals surface area contributed by atoms with E-state index in [1.54, 1.807) is 0 Å². The third-order valence-corrected chi connectivity index (χ3v) is 2.09. The summed E-state index contributed by atoms with van der Waals surface area (Å²) in [5.74, 6) is 0.866. The molecule has 7 heavy (non-hydrogen) atoms. The van der Waals surface area contributed by atoms with Crippen LogP contribution in [-0.2, 0) is 4.74 Å². The summed E-state index contributed by atoms with van der Waals surface area (Å²) in [5, 5.41) is 0. The SMILES string of the molecule is C[C@@H]1CC[C@H]2O[C@@H]12. The molecule has 0 aromatic heterocycles. The van der Waals surface area contributed by atoms with Crippen molar-refractivity contribution >= 4 is 0 Å². The molecule has 1 heteroatoms. The van der Waals surface area contributed by atoms with Crippen LogP contribution in [0.1, 0.15) is 19.8 Å². The summed E-state index contributed by atoms with van der Waals surface area (Å²) in [4.78, 5) is 0. The van der Waals surface area contributed by atoms with E-state index in [2.05, 4.69) is 6.92 Å². The van der Waals surface area contributed by atoms with E-state index < -0.39 is 0 Å². The summed E-state index contributed by atoms with van der Waals surface area (Å²) >= 11 is 0. The van der Waals surface area contributed by atoms with Gasteiger partial charge in [-0.1, -0.05) is 6.92 Å². The van der Waals surface area contributed by atoms with Crippen molar-refractivity contribution in [2.75, 3.05) is 0 Å². The van der Waals surface area contributed by atoms with Crippen molar-refractivity contribution in [3.63, 3.8) is 0 Å². The van der Waals surface area contributed by atoms with Crippen LogP contribution >= 0.6 is 0 Å². The predicted molar refractivity (Wildman–Crippen MR) is 27.1 cm³/mol. The minimum absolute atomic E-state index is 0.681. The van der Waals surface area contributed by atoms with Gasteiger partial charge in [-0.25, -0.2) is 0 Å². The zero-order valence-electron chi connectivity index (χ0n) is 4.55. The first-order chi connectivity index (χ1) is 3.38. The van der Waals surface area contributed by atoms with Gasteiger partial charge >= 0.3 is 0 Å². The first-order valence-corrected chi connectivity index (χ1v) is 3.03. The molecule has 0 bridgehead atoms. The van der Waals surface area contributed by atoms with Gasteiger partial charge in [0.05, 0.1) is 12.2 Å². The maximum atomic E-state index is 5.27. The van der Waals surface area contributed by atoms with Crippen LogP contribution in [0.15, 0.2) is 0 Å². The van der Waals surface area contributed by atoms with E-state index in [1.807, 2.05) is 0 Å². The van der Waals surface area contributed by atoms with Gasteiger partial charge in [0.2, 0.25) is 0 Å². The summed E-state index contributed by atoms with van der Waals surface area (Å²) in [6.45, 7) is 2.28. The van der Waals surface area contributed by atoms with E-state index in [0.29, 0.717) is 12.2 Å². The van der Waals surface area contributed by atoms with Crippen LogP contribution in [0.25, 0.3) is 0 Å². The fourth-order valence-electron chi connectivity index (χ4n) is 1.48. The molecule has 0 unspecified atom stereocenters. The lowest BCUT2D eigenvalue weighted by molar-refractivity contribution is 0.276. The molecule has 1 saturated heterocycles. The molecule has 1 nitrogen and oxygen atoms in total. The molecule has 0 aromatic rings. The third kappa shape index (κ3) is 0.418. The number of hydrogen-bond acceptors (Lipinski definition) is 1. The first kappa shape index (κ1) is 3.90. The van der Waals surface area contributed by atoms with Gasteiger partial charge in [-0.05, 0) is 18.8 Å². The maximum Gasteiger partial charge on any atom is 0.0867 e. The van der Waals surface area contributed by atoms with Crippen molar-refractivity contribution in [1.82, 2.24) is 0 Å². The smallest absolute Gasteiger partial charge is 0.0867 e. The van der Waals surface area contributed by atoms with Gasteiger partial charge in [0.1, 0.15) is 0 Å². The molecule has 2 fully saturated rings. The van der Waals surface area contributed by atoms with Gasteiger partial charge in [0, 0.05) is 0 Å². The van der Waals surface area contributed by atoms with E-state index in [1.165, 1.54) is 12.8 Å². The largest absolute Gasteiger partial charge is 0.369 e. The highest BCUT2D eigenvalue weighted by Gasteiger charge is 2.47. The fourth-order valence-corrected chi connectivity index (χ4v) is 1.48. The highest BCUT2D eigenvalue weighted by atomic mass is 16.6. The summed E-state index contributed by atoms with van der Waals surface area (Å²) in [7, 11) is 0. The molecule has 1 aliphatic heterocycles. The first-order valence-electron chi connectivity index (χ1n) is 3.03. The Morgan fingerprint density at radius 2 is 2.29 bits per heavy atom. The molecular weight excluding hydrogens is 88.1 g/mol. The van der Waals surface area contributed by atoms with E-state index in [0.717, 1.165) is 5.92 Å².